The maximum atomic E-state index is 13.9. The summed E-state index contributed by atoms with van der Waals surface area (Å²) in [6, 6.07) is 12.5. The number of fused-ring (bicyclic) bond motifs is 4. The topological polar surface area (TPSA) is 145 Å². The Hall–Kier alpha value is -4.75. The van der Waals surface area contributed by atoms with E-state index in [2.05, 4.69) is 20.6 Å². The van der Waals surface area contributed by atoms with Crippen molar-refractivity contribution in [3.05, 3.63) is 87.1 Å². The molecule has 2 aromatic heterocycles. The minimum absolute atomic E-state index is 0.0305. The van der Waals surface area contributed by atoms with Crippen molar-refractivity contribution in [1.29, 1.82) is 0 Å². The van der Waals surface area contributed by atoms with Crippen LogP contribution in [0.4, 0.5) is 10.5 Å². The number of piperazine rings is 1. The number of anilines is 1. The number of benzene rings is 2. The van der Waals surface area contributed by atoms with Crippen LogP contribution < -0.4 is 15.8 Å². The number of hydrogen-bond donors (Lipinski definition) is 1. The lowest BCUT2D eigenvalue weighted by atomic mass is 9.98. The first-order valence-electron chi connectivity index (χ1n) is 16.0. The number of carbonyl (C=O) groups excluding carboxylic acids is 3. The van der Waals surface area contributed by atoms with Crippen LogP contribution in [-0.2, 0) is 14.3 Å². The molecule has 2 aromatic carbocycles. The lowest BCUT2D eigenvalue weighted by Crippen LogP contribution is -2.63. The zero-order valence-electron chi connectivity index (χ0n) is 27.3. The number of amides is 3. The number of nitrogens with one attached hydrogen (secondary N) is 1. The Kier molecular flexibility index (Phi) is 9.75. The van der Waals surface area contributed by atoms with Gasteiger partial charge in [-0.25, -0.2) is 14.5 Å². The van der Waals surface area contributed by atoms with Gasteiger partial charge < -0.3 is 10.1 Å². The monoisotopic (exact) mass is 706 g/mol. The molecule has 0 aliphatic carbocycles. The Labute approximate surface area is 292 Å². The summed E-state index contributed by atoms with van der Waals surface area (Å²) in [4.78, 5) is 61.4. The zero-order valence-corrected chi connectivity index (χ0v) is 28.8. The van der Waals surface area contributed by atoms with Gasteiger partial charge >= 0.3 is 6.09 Å². The van der Waals surface area contributed by atoms with Crippen molar-refractivity contribution in [2.24, 2.45) is 0 Å². The molecular weight excluding hydrogens is 671 g/mol. The molecule has 2 aliphatic rings. The van der Waals surface area contributed by atoms with E-state index in [4.69, 9.17) is 27.9 Å². The summed E-state index contributed by atoms with van der Waals surface area (Å²) >= 11 is 12.4. The van der Waals surface area contributed by atoms with Gasteiger partial charge in [-0.3, -0.25) is 28.8 Å². The van der Waals surface area contributed by atoms with E-state index in [0.29, 0.717) is 47.0 Å². The largest absolute Gasteiger partial charge is 0.444 e. The Bertz CT molecular complexity index is 1950. The fourth-order valence-electron chi connectivity index (χ4n) is 6.14. The maximum absolute atomic E-state index is 13.9. The molecule has 4 heterocycles. The molecular formula is C34H36Cl2N8O5. The van der Waals surface area contributed by atoms with Crippen LogP contribution in [0, 0.1) is 0 Å². The van der Waals surface area contributed by atoms with E-state index < -0.39 is 29.7 Å². The SMILES string of the molecule is CC(C)(C)OC(=O)N1CC(=O)N2c3cccc(c3)C(n3cnc(-c4cc(Cl)ccc4-n4cc(Cl)nn4)cc3=O)CCCCCNC(=O)[C@@H]2C1. The second-order valence-corrected chi connectivity index (χ2v) is 13.9. The Balaban J connectivity index is 1.36. The number of ether oxygens (including phenoxy) is 1. The summed E-state index contributed by atoms with van der Waals surface area (Å²) in [6.45, 7) is 5.36. The van der Waals surface area contributed by atoms with Crippen LogP contribution in [0.15, 0.2) is 65.8 Å². The average Bonchev–Trinajstić information content (AvgIpc) is 3.49. The molecule has 1 N–H and O–H groups in total. The van der Waals surface area contributed by atoms with E-state index in [1.165, 1.54) is 26.9 Å². The molecule has 3 amide bonds. The molecule has 49 heavy (non-hydrogen) atoms. The van der Waals surface area contributed by atoms with Gasteiger partial charge in [-0.15, -0.1) is 5.10 Å². The second-order valence-electron chi connectivity index (χ2n) is 13.1. The van der Waals surface area contributed by atoms with Gasteiger partial charge in [0.2, 0.25) is 11.8 Å². The third-order valence-electron chi connectivity index (χ3n) is 8.36. The lowest BCUT2D eigenvalue weighted by molar-refractivity contribution is -0.130. The smallest absolute Gasteiger partial charge is 0.410 e. The fourth-order valence-corrected chi connectivity index (χ4v) is 6.44. The number of carbonyl (C=O) groups is 3. The summed E-state index contributed by atoms with van der Waals surface area (Å²) in [5.74, 6) is -0.776. The molecule has 2 bridgehead atoms. The molecule has 15 heteroatoms. The van der Waals surface area contributed by atoms with Crippen LogP contribution in [0.1, 0.15) is 58.1 Å². The van der Waals surface area contributed by atoms with E-state index >= 15 is 0 Å². The number of hydrogen-bond acceptors (Lipinski definition) is 8. The fraction of sp³-hybridized carbons (Fsp3) is 0.382. The highest BCUT2D eigenvalue weighted by atomic mass is 35.5. The molecule has 0 spiro atoms. The Morgan fingerprint density at radius 1 is 1.00 bits per heavy atom. The number of rotatable bonds is 3. The number of aromatic nitrogens is 5. The molecule has 4 aromatic rings. The highest BCUT2D eigenvalue weighted by Gasteiger charge is 2.41. The van der Waals surface area contributed by atoms with Crippen molar-refractivity contribution in [3.63, 3.8) is 0 Å². The van der Waals surface area contributed by atoms with Crippen LogP contribution >= 0.6 is 23.2 Å². The van der Waals surface area contributed by atoms with Crippen LogP contribution in [0.25, 0.3) is 16.9 Å². The van der Waals surface area contributed by atoms with E-state index in [1.54, 1.807) is 61.9 Å². The first-order chi connectivity index (χ1) is 23.4. The van der Waals surface area contributed by atoms with Crippen molar-refractivity contribution in [1.82, 2.24) is 34.8 Å². The molecule has 2 aliphatic heterocycles. The van der Waals surface area contributed by atoms with Crippen molar-refractivity contribution >= 4 is 46.8 Å². The van der Waals surface area contributed by atoms with Crippen molar-refractivity contribution < 1.29 is 19.1 Å². The first-order valence-corrected chi connectivity index (χ1v) is 16.8. The van der Waals surface area contributed by atoms with Gasteiger partial charge in [0, 0.05) is 28.9 Å². The minimum atomic E-state index is -0.973. The molecule has 1 unspecified atom stereocenters. The van der Waals surface area contributed by atoms with Crippen LogP contribution in [0.5, 0.6) is 0 Å². The van der Waals surface area contributed by atoms with Gasteiger partial charge in [-0.05, 0) is 69.5 Å². The minimum Gasteiger partial charge on any atom is -0.444 e. The molecule has 1 saturated heterocycles. The average molecular weight is 708 g/mol. The summed E-state index contributed by atoms with van der Waals surface area (Å²) in [7, 11) is 0. The predicted molar refractivity (Wildman–Crippen MR) is 184 cm³/mol. The summed E-state index contributed by atoms with van der Waals surface area (Å²) in [6.07, 6.45) is 5.28. The number of halogens is 2. The first kappa shape index (κ1) is 34.1. The second kappa shape index (κ2) is 14.0. The van der Waals surface area contributed by atoms with Gasteiger partial charge in [0.15, 0.2) is 5.15 Å². The normalized spacial score (nSPS) is 18.9. The standard InChI is InChI=1S/C34H36Cl2N8O5/c1-34(2,3)49-33(48)41-17-28-32(47)37-13-6-4-5-10-26(21-8-7-9-23(14-21)44(28)31(46)19-41)42-20-38-25(16-30(42)45)24-15-22(35)11-12-27(24)43-18-29(36)39-40-43/h7-9,11-12,14-16,18,20,26,28H,4-6,10,13,17,19H2,1-3H3,(H,37,47)/t26?,28-/m0/s1. The summed E-state index contributed by atoms with van der Waals surface area (Å²) < 4.78 is 8.59. The molecule has 13 nitrogen and oxygen atoms in total. The molecule has 0 saturated carbocycles. The molecule has 256 valence electrons. The Morgan fingerprint density at radius 3 is 2.55 bits per heavy atom. The molecule has 2 atom stereocenters. The highest BCUT2D eigenvalue weighted by Crippen LogP contribution is 2.32. The zero-order chi connectivity index (χ0) is 34.9. The van der Waals surface area contributed by atoms with Gasteiger partial charge in [-0.2, -0.15) is 0 Å². The molecule has 6 rings (SSSR count). The van der Waals surface area contributed by atoms with Crippen molar-refractivity contribution in [2.75, 3.05) is 24.5 Å². The quantitative estimate of drug-likeness (QED) is 0.312. The van der Waals surface area contributed by atoms with Gasteiger partial charge in [-0.1, -0.05) is 53.4 Å². The van der Waals surface area contributed by atoms with Crippen LogP contribution in [0.2, 0.25) is 10.2 Å². The van der Waals surface area contributed by atoms with E-state index in [-0.39, 0.29) is 29.7 Å². The van der Waals surface area contributed by atoms with E-state index in [0.717, 1.165) is 18.4 Å². The molecule has 0 radical (unpaired) electrons. The summed E-state index contributed by atoms with van der Waals surface area (Å²) in [5.41, 5.74) is 1.77. The third-order valence-corrected chi connectivity index (χ3v) is 8.77. The Morgan fingerprint density at radius 2 is 1.82 bits per heavy atom. The predicted octanol–water partition coefficient (Wildman–Crippen LogP) is 5.03. The van der Waals surface area contributed by atoms with Gasteiger partial charge in [0.1, 0.15) is 18.2 Å². The highest BCUT2D eigenvalue weighted by molar-refractivity contribution is 6.31. The van der Waals surface area contributed by atoms with E-state index in [9.17, 15) is 19.2 Å². The molecule has 1 fully saturated rings. The van der Waals surface area contributed by atoms with Crippen LogP contribution in [-0.4, -0.2) is 78.6 Å². The van der Waals surface area contributed by atoms with Crippen molar-refractivity contribution in [2.45, 2.75) is 64.1 Å². The van der Waals surface area contributed by atoms with Crippen molar-refractivity contribution in [3.8, 4) is 16.9 Å². The third kappa shape index (κ3) is 7.62. The van der Waals surface area contributed by atoms with Gasteiger partial charge in [0.05, 0.1) is 36.5 Å². The number of nitrogens with zero attached hydrogens (tertiary/aromatic N) is 7. The maximum Gasteiger partial charge on any atom is 0.410 e. The van der Waals surface area contributed by atoms with Crippen LogP contribution in [0.3, 0.4) is 0 Å². The lowest BCUT2D eigenvalue weighted by Gasteiger charge is -2.40. The van der Waals surface area contributed by atoms with Gasteiger partial charge in [0.25, 0.3) is 5.56 Å². The summed E-state index contributed by atoms with van der Waals surface area (Å²) in [5, 5.41) is 11.5. The van der Waals surface area contributed by atoms with E-state index in [1.807, 2.05) is 12.1 Å².